The molecule has 5 N–H and O–H groups in total. The fourth-order valence-corrected chi connectivity index (χ4v) is 11.2. The third kappa shape index (κ3) is 3.45. The number of ketones is 2. The Balaban J connectivity index is 0.000000133. The van der Waals surface area contributed by atoms with E-state index in [2.05, 4.69) is 23.0 Å². The van der Waals surface area contributed by atoms with E-state index in [1.807, 2.05) is 18.2 Å². The number of piperidine rings is 2. The van der Waals surface area contributed by atoms with Gasteiger partial charge in [-0.1, -0.05) is 24.3 Å². The van der Waals surface area contributed by atoms with Gasteiger partial charge in [-0.2, -0.15) is 0 Å². The van der Waals surface area contributed by atoms with E-state index in [4.69, 9.17) is 9.47 Å². The van der Waals surface area contributed by atoms with Crippen LogP contribution in [0.25, 0.3) is 0 Å². The first kappa shape index (κ1) is 31.0. The average molecular weight is 669 g/mol. The van der Waals surface area contributed by atoms with Crippen LogP contribution >= 0.6 is 0 Å². The van der Waals surface area contributed by atoms with Crippen LogP contribution in [0.1, 0.15) is 41.5 Å². The number of phenolic OH excluding ortho intramolecular Hbond substituents is 2. The Morgan fingerprint density at radius 1 is 0.796 bits per heavy atom. The summed E-state index contributed by atoms with van der Waals surface area (Å²) in [5.74, 6) is 0.358. The van der Waals surface area contributed by atoms with E-state index in [1.165, 1.54) is 6.08 Å². The van der Waals surface area contributed by atoms with Gasteiger partial charge in [0, 0.05) is 55.8 Å². The molecule has 3 fully saturated rings. The van der Waals surface area contributed by atoms with Crippen molar-refractivity contribution < 1.29 is 44.6 Å². The number of nitrogens with zero attached hydrogens (tertiary/aromatic N) is 2. The molecule has 11 heteroatoms. The number of benzene rings is 2. The number of hydrogen-bond donors (Lipinski definition) is 5. The van der Waals surface area contributed by atoms with Crippen molar-refractivity contribution in [2.24, 2.45) is 0 Å². The summed E-state index contributed by atoms with van der Waals surface area (Å²) in [4.78, 5) is 29.6. The number of likely N-dealkylation sites (tertiary alicyclic amines) is 2. The maximum absolute atomic E-state index is 12.7. The summed E-state index contributed by atoms with van der Waals surface area (Å²) in [6.07, 6.45) is 6.15. The fourth-order valence-electron chi connectivity index (χ4n) is 11.2. The van der Waals surface area contributed by atoms with Crippen LogP contribution in [0.15, 0.2) is 61.7 Å². The lowest BCUT2D eigenvalue weighted by molar-refractivity contribution is -0.228. The molecule has 10 rings (SSSR count). The molecule has 2 saturated heterocycles. The molecule has 2 aromatic carbocycles. The summed E-state index contributed by atoms with van der Waals surface area (Å²) in [6, 6.07) is 6.49. The van der Waals surface area contributed by atoms with Crippen molar-refractivity contribution in [2.45, 2.75) is 84.5 Å². The zero-order valence-electron chi connectivity index (χ0n) is 27.0. The molecular weight excluding hydrogens is 628 g/mol. The number of aliphatic hydroxyl groups is 3. The van der Waals surface area contributed by atoms with Gasteiger partial charge in [0.1, 0.15) is 11.2 Å². The Hall–Kier alpha value is -4.00. The van der Waals surface area contributed by atoms with Gasteiger partial charge in [0.05, 0.1) is 16.9 Å². The molecule has 9 unspecified atom stereocenters. The largest absolute Gasteiger partial charge is 0.504 e. The van der Waals surface area contributed by atoms with E-state index in [-0.39, 0.29) is 41.6 Å². The number of carbonyl (C=O) groups is 2. The van der Waals surface area contributed by atoms with Crippen molar-refractivity contribution in [3.63, 3.8) is 0 Å². The fraction of sp³-hybridized carbons (Fsp3) is 0.474. The quantitative estimate of drug-likeness (QED) is 0.300. The van der Waals surface area contributed by atoms with Gasteiger partial charge >= 0.3 is 0 Å². The van der Waals surface area contributed by atoms with E-state index < -0.39 is 40.3 Å². The first-order valence-corrected chi connectivity index (χ1v) is 17.1. The third-order valence-corrected chi connectivity index (χ3v) is 13.1. The van der Waals surface area contributed by atoms with Gasteiger partial charge < -0.3 is 35.0 Å². The van der Waals surface area contributed by atoms with E-state index >= 15 is 0 Å². The van der Waals surface area contributed by atoms with E-state index in [0.717, 1.165) is 28.8 Å². The summed E-state index contributed by atoms with van der Waals surface area (Å²) in [7, 11) is 0. The van der Waals surface area contributed by atoms with Crippen molar-refractivity contribution >= 4 is 11.6 Å². The van der Waals surface area contributed by atoms with Crippen LogP contribution in [0.5, 0.6) is 23.0 Å². The second kappa shape index (κ2) is 10.0. The van der Waals surface area contributed by atoms with E-state index in [9.17, 15) is 35.1 Å². The third-order valence-electron chi connectivity index (χ3n) is 13.1. The van der Waals surface area contributed by atoms with Crippen LogP contribution in [0, 0.1) is 0 Å². The monoisotopic (exact) mass is 668 g/mol. The predicted octanol–water partition coefficient (Wildman–Crippen LogP) is 1.35. The standard InChI is InChI=1S/C19H21NO5.C19H19NO4/c1-2-6-20-7-5-18-15-10-3-4-11(21)16(15)25-17(18)12(22)9-14(23)19(18,24)13(20)8-10;1-2-8-20-9-7-18-15-11-3-4-12(21)16(15)24-17(18)13(22)5-6-19(18,23)14(20)10-11/h2-4,13-14,17,21,23-24H,1,5-9H2;2-6,14,17,21,23H,1,7-10H2. The van der Waals surface area contributed by atoms with Gasteiger partial charge in [-0.25, -0.2) is 0 Å². The van der Waals surface area contributed by atoms with Crippen molar-refractivity contribution in [3.05, 3.63) is 84.0 Å². The maximum atomic E-state index is 12.7. The molecular formula is C38H40N2O9. The number of aliphatic hydroxyl groups excluding tert-OH is 1. The molecule has 1 saturated carbocycles. The van der Waals surface area contributed by atoms with Crippen molar-refractivity contribution in [3.8, 4) is 23.0 Å². The number of hydrogen-bond acceptors (Lipinski definition) is 11. The van der Waals surface area contributed by atoms with Crippen molar-refractivity contribution in [2.75, 3.05) is 26.2 Å². The molecule has 2 spiro atoms. The molecule has 2 aromatic rings. The van der Waals surface area contributed by atoms with Gasteiger partial charge in [-0.15, -0.1) is 13.2 Å². The molecule has 8 aliphatic rings. The lowest BCUT2D eigenvalue weighted by Gasteiger charge is -2.63. The topological polar surface area (TPSA) is 160 Å². The second-order valence-corrected chi connectivity index (χ2v) is 14.9. The summed E-state index contributed by atoms with van der Waals surface area (Å²) < 4.78 is 11.9. The van der Waals surface area contributed by atoms with Gasteiger partial charge in [0.2, 0.25) is 0 Å². The first-order valence-electron chi connectivity index (χ1n) is 17.1. The summed E-state index contributed by atoms with van der Waals surface area (Å²) in [5.41, 5.74) is -0.881. The molecule has 4 bridgehead atoms. The predicted molar refractivity (Wildman–Crippen MR) is 176 cm³/mol. The zero-order chi connectivity index (χ0) is 34.2. The van der Waals surface area contributed by atoms with Crippen LogP contribution in [-0.4, -0.2) is 115 Å². The number of phenols is 2. The Labute approximate surface area is 283 Å². The molecule has 0 amide bonds. The molecule has 49 heavy (non-hydrogen) atoms. The van der Waals surface area contributed by atoms with Crippen LogP contribution < -0.4 is 9.47 Å². The highest BCUT2D eigenvalue weighted by atomic mass is 16.5. The van der Waals surface area contributed by atoms with Crippen LogP contribution in [0.4, 0.5) is 0 Å². The lowest BCUT2D eigenvalue weighted by Crippen LogP contribution is -2.80. The number of aromatic hydroxyl groups is 2. The maximum Gasteiger partial charge on any atom is 0.196 e. The number of Topliss-reactive ketones (excluding diaryl/α,β-unsaturated/α-hetero) is 1. The van der Waals surface area contributed by atoms with Crippen molar-refractivity contribution in [1.29, 1.82) is 0 Å². The Bertz CT molecular complexity index is 1890. The minimum Gasteiger partial charge on any atom is -0.504 e. The molecule has 4 aliphatic heterocycles. The molecule has 256 valence electrons. The number of ether oxygens (including phenoxy) is 2. The minimum atomic E-state index is -1.49. The zero-order valence-corrected chi connectivity index (χ0v) is 27.0. The Kier molecular flexibility index (Phi) is 6.36. The molecule has 4 heterocycles. The smallest absolute Gasteiger partial charge is 0.196 e. The molecule has 11 nitrogen and oxygen atoms in total. The van der Waals surface area contributed by atoms with Gasteiger partial charge in [-0.3, -0.25) is 19.4 Å². The van der Waals surface area contributed by atoms with Gasteiger partial charge in [0.15, 0.2) is 46.8 Å². The minimum absolute atomic E-state index is 0.0147. The highest BCUT2D eigenvalue weighted by Gasteiger charge is 2.76. The molecule has 9 atom stereocenters. The van der Waals surface area contributed by atoms with Crippen molar-refractivity contribution in [1.82, 2.24) is 9.80 Å². The highest BCUT2D eigenvalue weighted by molar-refractivity contribution is 5.99. The van der Waals surface area contributed by atoms with Gasteiger partial charge in [0.25, 0.3) is 0 Å². The van der Waals surface area contributed by atoms with E-state index in [0.29, 0.717) is 56.8 Å². The Morgan fingerprint density at radius 2 is 1.35 bits per heavy atom. The van der Waals surface area contributed by atoms with Gasteiger partial charge in [-0.05, 0) is 61.1 Å². The van der Waals surface area contributed by atoms with E-state index in [1.54, 1.807) is 24.3 Å². The summed E-state index contributed by atoms with van der Waals surface area (Å²) in [5, 5.41) is 54.9. The summed E-state index contributed by atoms with van der Waals surface area (Å²) >= 11 is 0. The number of carbonyl (C=O) groups excluding carboxylic acids is 2. The lowest BCUT2D eigenvalue weighted by atomic mass is 9.48. The second-order valence-electron chi connectivity index (χ2n) is 14.9. The number of rotatable bonds is 4. The SMILES string of the molecule is C=CCN1CCC23c4c5ccc(O)c4OC2C(=O)C=CC3(O)C1C5.C=CCN1CCC23c4c5ccc(O)c4OC2C(=O)CC(O)C3(O)C1C5. The normalized spacial score (nSPS) is 39.9. The molecule has 4 aliphatic carbocycles. The molecule has 0 radical (unpaired) electrons. The first-order chi connectivity index (χ1) is 23.5. The van der Waals surface area contributed by atoms with Crippen LogP contribution in [0.3, 0.4) is 0 Å². The highest BCUT2D eigenvalue weighted by Crippen LogP contribution is 2.65. The average Bonchev–Trinajstić information content (AvgIpc) is 3.62. The Morgan fingerprint density at radius 3 is 1.98 bits per heavy atom. The van der Waals surface area contributed by atoms with Crippen LogP contribution in [-0.2, 0) is 33.3 Å². The summed E-state index contributed by atoms with van der Waals surface area (Å²) in [6.45, 7) is 10.4. The molecule has 0 aromatic heterocycles. The van der Waals surface area contributed by atoms with Crippen LogP contribution in [0.2, 0.25) is 0 Å².